The van der Waals surface area contributed by atoms with Gasteiger partial charge >= 0.3 is 0 Å². The smallest absolute Gasteiger partial charge is 0.0540 e. The van der Waals surface area contributed by atoms with Crippen molar-refractivity contribution in [2.45, 2.75) is 0 Å². The SMILES string of the molecule is c1ccc(-c2ccc(N(c3ccc4c(c3)-c3ccccc3N(c3ccccc3)c3ccccc3-4)c3ccc4c(c3)c3ccccc3c3ccccc3c3ccccc3c3c4ccc4sc5ccccc5c43)cc2)cc1. The maximum atomic E-state index is 2.46. The molecule has 350 valence electrons. The first-order valence-corrected chi connectivity index (χ1v) is 26.6. The standard InChI is InChI=1S/C72H46N2S/c1-3-19-47(20-4-1)48-35-37-50(38-36-48)73(52-39-41-58-60-28-13-16-32-67(60)74(49-21-5-2-6-22-49)68-33-17-14-29-61(68)66(58)46-52)51-40-42-59-63-43-44-70-72(64-31-15-18-34-69(64)75-70)71(63)62-30-12-11-26-56(62)54-24-8-7-23-53(54)55-25-9-10-27-57(55)65(59)45-51/h1-46H. The summed E-state index contributed by atoms with van der Waals surface area (Å²) < 4.78 is 2.59. The molecule has 0 amide bonds. The molecule has 2 heterocycles. The minimum atomic E-state index is 1.07. The van der Waals surface area contributed by atoms with Crippen molar-refractivity contribution in [2.24, 2.45) is 0 Å². The summed E-state index contributed by atoms with van der Waals surface area (Å²) in [7, 11) is 0. The quantitative estimate of drug-likeness (QED) is 0.170. The summed E-state index contributed by atoms with van der Waals surface area (Å²) in [6.07, 6.45) is 0. The van der Waals surface area contributed by atoms with Crippen molar-refractivity contribution in [1.29, 1.82) is 0 Å². The van der Waals surface area contributed by atoms with Crippen molar-refractivity contribution in [3.8, 4) is 33.4 Å². The van der Waals surface area contributed by atoms with Crippen LogP contribution in [0.25, 0.3) is 107 Å². The van der Waals surface area contributed by atoms with Crippen molar-refractivity contribution in [3.63, 3.8) is 0 Å². The molecule has 0 atom stereocenters. The molecule has 75 heavy (non-hydrogen) atoms. The van der Waals surface area contributed by atoms with Gasteiger partial charge in [0.2, 0.25) is 0 Å². The first kappa shape index (κ1) is 43.1. The number of para-hydroxylation sites is 3. The molecular formula is C72H46N2S. The van der Waals surface area contributed by atoms with Crippen LogP contribution in [0.15, 0.2) is 279 Å². The van der Waals surface area contributed by atoms with Crippen LogP contribution < -0.4 is 9.80 Å². The molecule has 15 rings (SSSR count). The highest BCUT2D eigenvalue weighted by Gasteiger charge is 2.27. The van der Waals surface area contributed by atoms with E-state index in [2.05, 4.69) is 289 Å². The average Bonchev–Trinajstić information content (AvgIpc) is 3.87. The number of anilines is 6. The Bertz CT molecular complexity index is 4650. The summed E-state index contributed by atoms with van der Waals surface area (Å²) in [5.74, 6) is 0. The molecule has 0 N–H and O–H groups in total. The predicted molar refractivity (Wildman–Crippen MR) is 324 cm³/mol. The molecule has 0 bridgehead atoms. The van der Waals surface area contributed by atoms with E-state index in [0.29, 0.717) is 0 Å². The summed E-state index contributed by atoms with van der Waals surface area (Å²) in [6, 6.07) is 103. The van der Waals surface area contributed by atoms with Gasteiger partial charge in [0.1, 0.15) is 0 Å². The molecule has 0 aliphatic carbocycles. The van der Waals surface area contributed by atoms with Gasteiger partial charge in [0, 0.05) is 54.0 Å². The van der Waals surface area contributed by atoms with E-state index in [-0.39, 0.29) is 0 Å². The number of hydrogen-bond acceptors (Lipinski definition) is 3. The molecule has 1 aliphatic heterocycles. The van der Waals surface area contributed by atoms with Crippen LogP contribution in [0.1, 0.15) is 0 Å². The van der Waals surface area contributed by atoms with Gasteiger partial charge < -0.3 is 9.80 Å². The maximum Gasteiger partial charge on any atom is 0.0540 e. The van der Waals surface area contributed by atoms with Crippen molar-refractivity contribution >= 4 is 119 Å². The Morgan fingerprint density at radius 2 is 0.707 bits per heavy atom. The number of nitrogens with zero attached hydrogens (tertiary/aromatic N) is 2. The highest BCUT2D eigenvalue weighted by Crippen LogP contribution is 2.53. The molecule has 14 aromatic rings. The normalized spacial score (nSPS) is 12.0. The van der Waals surface area contributed by atoms with E-state index >= 15 is 0 Å². The van der Waals surface area contributed by atoms with Gasteiger partial charge in [-0.2, -0.15) is 0 Å². The van der Waals surface area contributed by atoms with Crippen LogP contribution >= 0.6 is 11.3 Å². The number of fused-ring (bicyclic) bond motifs is 19. The molecule has 0 saturated carbocycles. The summed E-state index contributed by atoms with van der Waals surface area (Å²) in [5, 5.41) is 14.8. The molecule has 13 aromatic carbocycles. The van der Waals surface area contributed by atoms with E-state index in [1.54, 1.807) is 0 Å². The van der Waals surface area contributed by atoms with Gasteiger partial charge in [-0.1, -0.05) is 206 Å². The van der Waals surface area contributed by atoms with Crippen LogP contribution in [0.3, 0.4) is 0 Å². The summed E-state index contributed by atoms with van der Waals surface area (Å²) in [6.45, 7) is 0. The zero-order chi connectivity index (χ0) is 49.4. The van der Waals surface area contributed by atoms with E-state index < -0.39 is 0 Å². The fraction of sp³-hybridized carbons (Fsp3) is 0. The monoisotopic (exact) mass is 970 g/mol. The van der Waals surface area contributed by atoms with E-state index in [9.17, 15) is 0 Å². The second kappa shape index (κ2) is 17.6. The van der Waals surface area contributed by atoms with E-state index in [1.807, 2.05) is 11.3 Å². The van der Waals surface area contributed by atoms with Gasteiger partial charge in [0.15, 0.2) is 0 Å². The molecule has 1 aromatic heterocycles. The highest BCUT2D eigenvalue weighted by atomic mass is 32.1. The Balaban J connectivity index is 1.06. The maximum absolute atomic E-state index is 2.46. The molecule has 0 saturated heterocycles. The number of rotatable bonds is 5. The Kier molecular flexibility index (Phi) is 10.1. The Morgan fingerprint density at radius 3 is 1.39 bits per heavy atom. The van der Waals surface area contributed by atoms with Gasteiger partial charge in [-0.3, -0.25) is 0 Å². The average molecular weight is 971 g/mol. The third-order valence-corrected chi connectivity index (χ3v) is 16.5. The highest BCUT2D eigenvalue weighted by molar-refractivity contribution is 7.26. The predicted octanol–water partition coefficient (Wildman–Crippen LogP) is 21.2. The van der Waals surface area contributed by atoms with E-state index in [4.69, 9.17) is 0 Å². The fourth-order valence-electron chi connectivity index (χ4n) is 12.1. The Hall–Kier alpha value is -9.54. The van der Waals surface area contributed by atoms with Gasteiger partial charge in [-0.15, -0.1) is 11.3 Å². The first-order valence-electron chi connectivity index (χ1n) is 25.7. The molecule has 2 nitrogen and oxygen atoms in total. The zero-order valence-electron chi connectivity index (χ0n) is 40.9. The van der Waals surface area contributed by atoms with E-state index in [1.165, 1.54) is 107 Å². The lowest BCUT2D eigenvalue weighted by Crippen LogP contribution is -2.10. The molecule has 0 unspecified atom stereocenters. The van der Waals surface area contributed by atoms with E-state index in [0.717, 1.165) is 34.1 Å². The van der Waals surface area contributed by atoms with Crippen LogP contribution in [0.4, 0.5) is 34.1 Å². The molecule has 0 fully saturated rings. The van der Waals surface area contributed by atoms with Gasteiger partial charge in [0.25, 0.3) is 0 Å². The lowest BCUT2D eigenvalue weighted by atomic mass is 9.92. The largest absolute Gasteiger partial charge is 0.310 e. The minimum Gasteiger partial charge on any atom is -0.310 e. The van der Waals surface area contributed by atoms with Crippen molar-refractivity contribution in [3.05, 3.63) is 279 Å². The summed E-state index contributed by atoms with van der Waals surface area (Å²) in [4.78, 5) is 4.88. The molecular weight excluding hydrogens is 925 g/mol. The Labute approximate surface area is 439 Å². The molecule has 1 aliphatic rings. The number of benzene rings is 12. The summed E-state index contributed by atoms with van der Waals surface area (Å²) in [5.41, 5.74) is 13.7. The van der Waals surface area contributed by atoms with Crippen LogP contribution in [-0.2, 0) is 0 Å². The minimum absolute atomic E-state index is 1.07. The van der Waals surface area contributed by atoms with Crippen molar-refractivity contribution in [1.82, 2.24) is 0 Å². The molecule has 3 heteroatoms. The number of hydrogen-bond donors (Lipinski definition) is 0. The molecule has 0 radical (unpaired) electrons. The topological polar surface area (TPSA) is 6.48 Å². The second-order valence-corrected chi connectivity index (χ2v) is 20.6. The zero-order valence-corrected chi connectivity index (χ0v) is 41.7. The van der Waals surface area contributed by atoms with Crippen molar-refractivity contribution in [2.75, 3.05) is 9.80 Å². The lowest BCUT2D eigenvalue weighted by Gasteiger charge is -2.27. The number of thiophene rings is 1. The van der Waals surface area contributed by atoms with Crippen molar-refractivity contribution < 1.29 is 0 Å². The third-order valence-electron chi connectivity index (χ3n) is 15.4. The second-order valence-electron chi connectivity index (χ2n) is 19.5. The van der Waals surface area contributed by atoms with Gasteiger partial charge in [-0.25, -0.2) is 0 Å². The van der Waals surface area contributed by atoms with Crippen LogP contribution in [0.2, 0.25) is 0 Å². The Morgan fingerprint density at radius 1 is 0.253 bits per heavy atom. The van der Waals surface area contributed by atoms with Crippen LogP contribution in [0.5, 0.6) is 0 Å². The lowest BCUT2D eigenvalue weighted by molar-refractivity contribution is 1.29. The fourth-order valence-corrected chi connectivity index (χ4v) is 13.2. The summed E-state index contributed by atoms with van der Waals surface area (Å²) >= 11 is 1.88. The van der Waals surface area contributed by atoms with Gasteiger partial charge in [-0.05, 0) is 149 Å². The van der Waals surface area contributed by atoms with Crippen LogP contribution in [0, 0.1) is 0 Å². The molecule has 0 spiro atoms. The van der Waals surface area contributed by atoms with Gasteiger partial charge in [0.05, 0.1) is 11.4 Å². The third kappa shape index (κ3) is 7.01. The van der Waals surface area contributed by atoms with Crippen LogP contribution in [-0.4, -0.2) is 0 Å². The first-order chi connectivity index (χ1) is 37.2.